The summed E-state index contributed by atoms with van der Waals surface area (Å²) in [5.41, 5.74) is 0.444. The number of esters is 1. The second-order valence-electron chi connectivity index (χ2n) is 3.14. The van der Waals surface area contributed by atoms with Gasteiger partial charge in [-0.3, -0.25) is 0 Å². The number of hydrogen-bond acceptors (Lipinski definition) is 4. The Kier molecular flexibility index (Phi) is 2.93. The molecular formula is C9H14O4. The molecule has 0 saturated carbocycles. The Morgan fingerprint density at radius 2 is 2.31 bits per heavy atom. The highest BCUT2D eigenvalue weighted by Crippen LogP contribution is 2.25. The molecule has 74 valence electrons. The van der Waals surface area contributed by atoms with Crippen LogP contribution in [0.3, 0.4) is 0 Å². The molecule has 0 amide bonds. The summed E-state index contributed by atoms with van der Waals surface area (Å²) >= 11 is 0. The van der Waals surface area contributed by atoms with Crippen molar-refractivity contribution in [1.29, 1.82) is 0 Å². The first kappa shape index (κ1) is 10.1. The van der Waals surface area contributed by atoms with E-state index in [-0.39, 0.29) is 18.5 Å². The summed E-state index contributed by atoms with van der Waals surface area (Å²) in [4.78, 5) is 11.1. The lowest BCUT2D eigenvalue weighted by Gasteiger charge is -2.27. The van der Waals surface area contributed by atoms with Crippen molar-refractivity contribution < 1.29 is 19.4 Å². The molecule has 0 fully saturated rings. The van der Waals surface area contributed by atoms with Crippen molar-refractivity contribution in [2.75, 3.05) is 13.7 Å². The summed E-state index contributed by atoms with van der Waals surface area (Å²) in [5.74, 6) is -0.0669. The first-order valence-electron chi connectivity index (χ1n) is 4.18. The number of aliphatic hydroxyl groups excluding tert-OH is 1. The highest BCUT2D eigenvalue weighted by Gasteiger charge is 2.31. The second-order valence-corrected chi connectivity index (χ2v) is 3.14. The van der Waals surface area contributed by atoms with Crippen LogP contribution in [0.1, 0.15) is 13.8 Å². The topological polar surface area (TPSA) is 55.8 Å². The van der Waals surface area contributed by atoms with Crippen LogP contribution in [-0.2, 0) is 14.3 Å². The minimum atomic E-state index is -0.571. The van der Waals surface area contributed by atoms with E-state index in [4.69, 9.17) is 9.47 Å². The molecule has 4 nitrogen and oxygen atoms in total. The maximum atomic E-state index is 11.1. The minimum absolute atomic E-state index is 0.191. The molecule has 0 saturated heterocycles. The van der Waals surface area contributed by atoms with Crippen LogP contribution in [0.4, 0.5) is 0 Å². The van der Waals surface area contributed by atoms with E-state index in [9.17, 15) is 9.90 Å². The average Bonchev–Trinajstić information content (AvgIpc) is 2.09. The number of ether oxygens (including phenoxy) is 2. The lowest BCUT2D eigenvalue weighted by Crippen LogP contribution is -2.32. The van der Waals surface area contributed by atoms with E-state index in [1.54, 1.807) is 13.8 Å². The van der Waals surface area contributed by atoms with Crippen LogP contribution in [0.2, 0.25) is 0 Å². The fraction of sp³-hybridized carbons (Fsp3) is 0.667. The molecule has 0 spiro atoms. The molecule has 0 aromatic carbocycles. The van der Waals surface area contributed by atoms with Gasteiger partial charge in [0.1, 0.15) is 12.4 Å². The van der Waals surface area contributed by atoms with Crippen molar-refractivity contribution in [3.63, 3.8) is 0 Å². The molecule has 1 heterocycles. The third kappa shape index (κ3) is 1.83. The maximum Gasteiger partial charge on any atom is 0.337 e. The van der Waals surface area contributed by atoms with Crippen molar-refractivity contribution in [1.82, 2.24) is 0 Å². The molecule has 1 aliphatic rings. The fourth-order valence-electron chi connectivity index (χ4n) is 1.39. The van der Waals surface area contributed by atoms with E-state index in [0.29, 0.717) is 11.3 Å². The average molecular weight is 186 g/mol. The Labute approximate surface area is 77.1 Å². The third-order valence-electron chi connectivity index (χ3n) is 2.21. The monoisotopic (exact) mass is 186 g/mol. The Hall–Kier alpha value is -1.03. The van der Waals surface area contributed by atoms with Crippen LogP contribution in [0.25, 0.3) is 0 Å². The third-order valence-corrected chi connectivity index (χ3v) is 2.21. The summed E-state index contributed by atoms with van der Waals surface area (Å²) in [5, 5.41) is 9.38. The van der Waals surface area contributed by atoms with Crippen LogP contribution in [0.15, 0.2) is 11.3 Å². The molecule has 1 N–H and O–H groups in total. The van der Waals surface area contributed by atoms with Gasteiger partial charge in [0.25, 0.3) is 0 Å². The second kappa shape index (κ2) is 3.79. The fourth-order valence-corrected chi connectivity index (χ4v) is 1.39. The Bertz CT molecular complexity index is 242. The quantitative estimate of drug-likeness (QED) is 0.636. The zero-order chi connectivity index (χ0) is 10.0. The molecule has 13 heavy (non-hydrogen) atoms. The number of rotatable bonds is 2. The lowest BCUT2D eigenvalue weighted by molar-refractivity contribution is -0.144. The van der Waals surface area contributed by atoms with Crippen molar-refractivity contribution >= 4 is 5.97 Å². The van der Waals surface area contributed by atoms with Gasteiger partial charge in [-0.1, -0.05) is 0 Å². The largest absolute Gasteiger partial charge is 0.500 e. The van der Waals surface area contributed by atoms with E-state index in [2.05, 4.69) is 0 Å². The molecule has 0 bridgehead atoms. The molecule has 0 aromatic heterocycles. The number of carbonyl (C=O) groups is 1. The van der Waals surface area contributed by atoms with Gasteiger partial charge in [0, 0.05) is 0 Å². The lowest BCUT2D eigenvalue weighted by atomic mass is 9.97. The number of cyclic esters (lactones) is 1. The normalized spacial score (nSPS) is 25.5. The predicted molar refractivity (Wildman–Crippen MR) is 45.8 cm³/mol. The van der Waals surface area contributed by atoms with Crippen molar-refractivity contribution in [3.05, 3.63) is 11.3 Å². The minimum Gasteiger partial charge on any atom is -0.500 e. The first-order valence-corrected chi connectivity index (χ1v) is 4.18. The number of carbonyl (C=O) groups excluding carboxylic acids is 1. The molecule has 0 aromatic rings. The zero-order valence-corrected chi connectivity index (χ0v) is 8.03. The van der Waals surface area contributed by atoms with Crippen LogP contribution in [0.5, 0.6) is 0 Å². The molecule has 4 heteroatoms. The van der Waals surface area contributed by atoms with E-state index in [1.165, 1.54) is 7.11 Å². The van der Waals surface area contributed by atoms with Gasteiger partial charge >= 0.3 is 5.97 Å². The van der Waals surface area contributed by atoms with Crippen molar-refractivity contribution in [2.24, 2.45) is 5.92 Å². The summed E-state index contributed by atoms with van der Waals surface area (Å²) < 4.78 is 9.93. The highest BCUT2D eigenvalue weighted by molar-refractivity contribution is 5.89. The van der Waals surface area contributed by atoms with Gasteiger partial charge in [0.05, 0.1) is 24.7 Å². The summed E-state index contributed by atoms with van der Waals surface area (Å²) in [6.45, 7) is 3.48. The van der Waals surface area contributed by atoms with E-state index >= 15 is 0 Å². The van der Waals surface area contributed by atoms with Crippen molar-refractivity contribution in [3.8, 4) is 0 Å². The van der Waals surface area contributed by atoms with Crippen LogP contribution < -0.4 is 0 Å². The number of aliphatic hydroxyl groups is 1. The molecule has 2 unspecified atom stereocenters. The van der Waals surface area contributed by atoms with E-state index < -0.39 is 6.10 Å². The van der Waals surface area contributed by atoms with Gasteiger partial charge in [-0.2, -0.15) is 0 Å². The molecule has 1 rings (SSSR count). The first-order chi connectivity index (χ1) is 6.07. The van der Waals surface area contributed by atoms with Crippen LogP contribution in [-0.4, -0.2) is 30.9 Å². The Morgan fingerprint density at radius 1 is 1.69 bits per heavy atom. The molecule has 2 atom stereocenters. The van der Waals surface area contributed by atoms with Crippen molar-refractivity contribution in [2.45, 2.75) is 20.0 Å². The summed E-state index contributed by atoms with van der Waals surface area (Å²) in [7, 11) is 1.49. The maximum absolute atomic E-state index is 11.1. The smallest absolute Gasteiger partial charge is 0.337 e. The molecular weight excluding hydrogens is 172 g/mol. The highest BCUT2D eigenvalue weighted by atomic mass is 16.5. The van der Waals surface area contributed by atoms with Crippen LogP contribution >= 0.6 is 0 Å². The molecule has 0 radical (unpaired) electrons. The zero-order valence-electron chi connectivity index (χ0n) is 8.03. The Balaban J connectivity index is 2.96. The standard InChI is InChI=1S/C9H14O4/c1-5-8(12-3)7(6(2)10)4-13-9(5)11/h6-7,10H,4H2,1-3H3. The molecule has 1 aliphatic heterocycles. The predicted octanol–water partition coefficient (Wildman–Crippen LogP) is 0.461. The molecule has 0 aliphatic carbocycles. The van der Waals surface area contributed by atoms with Crippen LogP contribution in [0, 0.1) is 5.92 Å². The van der Waals surface area contributed by atoms with Gasteiger partial charge in [-0.05, 0) is 13.8 Å². The van der Waals surface area contributed by atoms with Gasteiger partial charge in [0.15, 0.2) is 0 Å². The van der Waals surface area contributed by atoms with E-state index in [1.807, 2.05) is 0 Å². The summed E-state index contributed by atoms with van der Waals surface area (Å²) in [6, 6.07) is 0. The van der Waals surface area contributed by atoms with Gasteiger partial charge in [-0.15, -0.1) is 0 Å². The SMILES string of the molecule is COC1=C(C)C(=O)OCC1C(C)O. The summed E-state index contributed by atoms with van der Waals surface area (Å²) in [6.07, 6.45) is -0.571. The van der Waals surface area contributed by atoms with E-state index in [0.717, 1.165) is 0 Å². The van der Waals surface area contributed by atoms with Gasteiger partial charge in [-0.25, -0.2) is 4.79 Å². The van der Waals surface area contributed by atoms with Gasteiger partial charge < -0.3 is 14.6 Å². The van der Waals surface area contributed by atoms with Gasteiger partial charge in [0.2, 0.25) is 0 Å². The number of methoxy groups -OCH3 is 1. The number of hydrogen-bond donors (Lipinski definition) is 1. The Morgan fingerprint density at radius 3 is 2.77 bits per heavy atom.